The molecule has 0 aliphatic heterocycles. The third kappa shape index (κ3) is 1.63. The summed E-state index contributed by atoms with van der Waals surface area (Å²) in [6.45, 7) is 8.24. The number of aromatic nitrogens is 4. The molecule has 3 rings (SSSR count). The summed E-state index contributed by atoms with van der Waals surface area (Å²) in [5.74, 6) is 0.552. The molecule has 0 spiro atoms. The van der Waals surface area contributed by atoms with Gasteiger partial charge in [-0.3, -0.25) is 0 Å². The van der Waals surface area contributed by atoms with E-state index in [1.54, 1.807) is 6.33 Å². The number of rotatable bonds is 4. The number of imidazole rings is 1. The van der Waals surface area contributed by atoms with Gasteiger partial charge < -0.3 is 20.4 Å². The standard InChI is InChI=1S/C13H16N6O/c1-7-9(4-20)8(3-15-2)11(7)19-6-18-10-12(14)16-5-17-13(10)19/h5-6,8-9,11,20H,1-4H2,(H2,14,16,17)/t8-,9+,11-/m1/s1. The van der Waals surface area contributed by atoms with E-state index in [0.717, 1.165) is 5.57 Å². The number of fused-ring (bicyclic) bond motifs is 1. The minimum atomic E-state index is 0.0111. The lowest BCUT2D eigenvalue weighted by atomic mass is 9.65. The largest absolute Gasteiger partial charge is 0.396 e. The first kappa shape index (κ1) is 12.7. The van der Waals surface area contributed by atoms with E-state index >= 15 is 0 Å². The van der Waals surface area contributed by atoms with Gasteiger partial charge in [0.1, 0.15) is 11.8 Å². The molecule has 0 amide bonds. The highest BCUT2D eigenvalue weighted by molar-refractivity contribution is 5.81. The SMILES string of the molecule is C=NC[C@H]1[C@H](n2cnc3c(N)ncnc32)C(=C)[C@@H]1CO. The Morgan fingerprint density at radius 3 is 2.90 bits per heavy atom. The van der Waals surface area contributed by atoms with Crippen molar-refractivity contribution in [3.05, 3.63) is 24.8 Å². The number of anilines is 1. The predicted molar refractivity (Wildman–Crippen MR) is 76.4 cm³/mol. The van der Waals surface area contributed by atoms with E-state index in [2.05, 4.69) is 33.2 Å². The van der Waals surface area contributed by atoms with Crippen molar-refractivity contribution in [2.75, 3.05) is 18.9 Å². The lowest BCUT2D eigenvalue weighted by molar-refractivity contribution is 0.109. The maximum atomic E-state index is 9.43. The van der Waals surface area contributed by atoms with E-state index in [9.17, 15) is 5.11 Å². The van der Waals surface area contributed by atoms with Crippen molar-refractivity contribution in [2.45, 2.75) is 6.04 Å². The number of nitrogens with zero attached hydrogens (tertiary/aromatic N) is 5. The van der Waals surface area contributed by atoms with E-state index < -0.39 is 0 Å². The zero-order valence-corrected chi connectivity index (χ0v) is 11.0. The summed E-state index contributed by atoms with van der Waals surface area (Å²) in [6.07, 6.45) is 3.11. The minimum absolute atomic E-state index is 0.0111. The van der Waals surface area contributed by atoms with Gasteiger partial charge in [-0.2, -0.15) is 0 Å². The van der Waals surface area contributed by atoms with Crippen molar-refractivity contribution >= 4 is 23.7 Å². The Balaban J connectivity index is 2.04. The maximum absolute atomic E-state index is 9.43. The number of aliphatic imine (C=N–C) groups is 1. The molecule has 7 nitrogen and oxygen atoms in total. The Morgan fingerprint density at radius 1 is 1.40 bits per heavy atom. The molecule has 1 saturated carbocycles. The van der Waals surface area contributed by atoms with Gasteiger partial charge in [-0.15, -0.1) is 0 Å². The fraction of sp³-hybridized carbons (Fsp3) is 0.385. The van der Waals surface area contributed by atoms with E-state index in [1.807, 2.05) is 4.57 Å². The second kappa shape index (κ2) is 4.68. The van der Waals surface area contributed by atoms with E-state index in [1.165, 1.54) is 6.33 Å². The quantitative estimate of drug-likeness (QED) is 0.621. The van der Waals surface area contributed by atoms with Gasteiger partial charge in [0.05, 0.1) is 19.0 Å². The second-order valence-electron chi connectivity index (χ2n) is 4.96. The summed E-state index contributed by atoms with van der Waals surface area (Å²) in [7, 11) is 0. The van der Waals surface area contributed by atoms with Crippen LogP contribution in [0.1, 0.15) is 6.04 Å². The predicted octanol–water partition coefficient (Wildman–Crippen LogP) is 0.445. The van der Waals surface area contributed by atoms with Crippen molar-refractivity contribution < 1.29 is 5.11 Å². The first-order chi connectivity index (χ1) is 9.69. The van der Waals surface area contributed by atoms with Crippen LogP contribution in [-0.4, -0.2) is 44.5 Å². The average Bonchev–Trinajstić information content (AvgIpc) is 2.85. The van der Waals surface area contributed by atoms with Crippen molar-refractivity contribution in [2.24, 2.45) is 16.8 Å². The van der Waals surface area contributed by atoms with E-state index in [-0.39, 0.29) is 24.5 Å². The molecule has 0 bridgehead atoms. The Hall–Kier alpha value is -2.28. The van der Waals surface area contributed by atoms with Gasteiger partial charge in [0.25, 0.3) is 0 Å². The third-order valence-corrected chi connectivity index (χ3v) is 4.00. The van der Waals surface area contributed by atoms with Crippen molar-refractivity contribution in [1.29, 1.82) is 0 Å². The molecule has 3 atom stereocenters. The number of hydrogen-bond donors (Lipinski definition) is 2. The molecule has 1 aliphatic carbocycles. The topological polar surface area (TPSA) is 102 Å². The lowest BCUT2D eigenvalue weighted by Gasteiger charge is -2.46. The summed E-state index contributed by atoms with van der Waals surface area (Å²) in [5.41, 5.74) is 8.01. The maximum Gasteiger partial charge on any atom is 0.165 e. The molecule has 7 heteroatoms. The number of aliphatic hydroxyl groups is 1. The number of nitrogen functional groups attached to an aromatic ring is 1. The fourth-order valence-electron chi connectivity index (χ4n) is 2.96. The third-order valence-electron chi connectivity index (χ3n) is 4.00. The first-order valence-corrected chi connectivity index (χ1v) is 6.34. The van der Waals surface area contributed by atoms with Crippen LogP contribution in [0.3, 0.4) is 0 Å². The van der Waals surface area contributed by atoms with Crippen LogP contribution in [0.4, 0.5) is 5.82 Å². The fourth-order valence-corrected chi connectivity index (χ4v) is 2.96. The first-order valence-electron chi connectivity index (χ1n) is 6.34. The summed E-state index contributed by atoms with van der Waals surface area (Å²) < 4.78 is 1.93. The molecule has 0 unspecified atom stereocenters. The lowest BCUT2D eigenvalue weighted by Crippen LogP contribution is -2.44. The van der Waals surface area contributed by atoms with Crippen molar-refractivity contribution in [3.63, 3.8) is 0 Å². The highest BCUT2D eigenvalue weighted by Gasteiger charge is 2.45. The minimum Gasteiger partial charge on any atom is -0.396 e. The summed E-state index contributed by atoms with van der Waals surface area (Å²) in [6, 6.07) is 0.0111. The summed E-state index contributed by atoms with van der Waals surface area (Å²) in [5, 5.41) is 9.43. The van der Waals surface area contributed by atoms with Crippen LogP contribution in [0, 0.1) is 11.8 Å². The molecule has 20 heavy (non-hydrogen) atoms. The van der Waals surface area contributed by atoms with Gasteiger partial charge in [-0.25, -0.2) is 15.0 Å². The van der Waals surface area contributed by atoms with Crippen LogP contribution in [0.15, 0.2) is 29.8 Å². The molecule has 2 aromatic rings. The van der Waals surface area contributed by atoms with Crippen LogP contribution in [-0.2, 0) is 0 Å². The van der Waals surface area contributed by atoms with Crippen LogP contribution in [0.25, 0.3) is 11.2 Å². The highest BCUT2D eigenvalue weighted by atomic mass is 16.3. The van der Waals surface area contributed by atoms with Gasteiger partial charge in [0.15, 0.2) is 11.5 Å². The summed E-state index contributed by atoms with van der Waals surface area (Å²) >= 11 is 0. The smallest absolute Gasteiger partial charge is 0.165 e. The monoisotopic (exact) mass is 272 g/mol. The highest BCUT2D eigenvalue weighted by Crippen LogP contribution is 2.48. The van der Waals surface area contributed by atoms with Crippen molar-refractivity contribution in [3.8, 4) is 0 Å². The van der Waals surface area contributed by atoms with Crippen LogP contribution >= 0.6 is 0 Å². The normalized spacial score (nSPS) is 25.6. The zero-order chi connectivity index (χ0) is 14.3. The van der Waals surface area contributed by atoms with Gasteiger partial charge in [0, 0.05) is 18.4 Å². The summed E-state index contributed by atoms with van der Waals surface area (Å²) in [4.78, 5) is 16.4. The molecule has 3 N–H and O–H groups in total. The molecular formula is C13H16N6O. The molecule has 2 aromatic heterocycles. The number of hydrogen-bond acceptors (Lipinski definition) is 6. The van der Waals surface area contributed by atoms with E-state index in [0.29, 0.717) is 23.5 Å². The molecular weight excluding hydrogens is 256 g/mol. The van der Waals surface area contributed by atoms with Gasteiger partial charge in [0.2, 0.25) is 0 Å². The molecule has 104 valence electrons. The zero-order valence-electron chi connectivity index (χ0n) is 11.0. The Bertz CT molecular complexity index is 679. The molecule has 0 aromatic carbocycles. The van der Waals surface area contributed by atoms with Gasteiger partial charge in [-0.1, -0.05) is 6.58 Å². The molecule has 0 saturated heterocycles. The van der Waals surface area contributed by atoms with Crippen LogP contribution in [0.2, 0.25) is 0 Å². The average molecular weight is 272 g/mol. The second-order valence-corrected chi connectivity index (χ2v) is 4.96. The molecule has 0 radical (unpaired) electrons. The van der Waals surface area contributed by atoms with Crippen LogP contribution < -0.4 is 5.73 Å². The Morgan fingerprint density at radius 2 is 2.20 bits per heavy atom. The number of aliphatic hydroxyl groups excluding tert-OH is 1. The van der Waals surface area contributed by atoms with Crippen molar-refractivity contribution in [1.82, 2.24) is 19.5 Å². The molecule has 1 aliphatic rings. The van der Waals surface area contributed by atoms with Crippen LogP contribution in [0.5, 0.6) is 0 Å². The van der Waals surface area contributed by atoms with Gasteiger partial charge in [-0.05, 0) is 12.3 Å². The molecule has 2 heterocycles. The molecule has 1 fully saturated rings. The van der Waals surface area contributed by atoms with Gasteiger partial charge >= 0.3 is 0 Å². The number of nitrogens with two attached hydrogens (primary N) is 1. The Kier molecular flexibility index (Phi) is 2.98. The Labute approximate surface area is 115 Å². The van der Waals surface area contributed by atoms with E-state index in [4.69, 9.17) is 5.73 Å².